The van der Waals surface area contributed by atoms with Gasteiger partial charge in [0.2, 0.25) is 11.7 Å². The predicted octanol–water partition coefficient (Wildman–Crippen LogP) is 2.87. The first-order valence-electron chi connectivity index (χ1n) is 7.23. The molecule has 0 saturated carbocycles. The normalized spacial score (nSPS) is 11.2. The Labute approximate surface area is 149 Å². The summed E-state index contributed by atoms with van der Waals surface area (Å²) in [6, 6.07) is 3.46. The molecule has 0 spiro atoms. The SMILES string of the molecule is C=CCn1c(=S)sc2c(=O)n(Cc3nc(-c4ccco4)no3)cnc21. The minimum absolute atomic E-state index is 0.113. The van der Waals surface area contributed by atoms with Crippen LogP contribution in [0.25, 0.3) is 21.9 Å². The minimum atomic E-state index is -0.207. The van der Waals surface area contributed by atoms with Crippen LogP contribution in [0.3, 0.4) is 0 Å². The van der Waals surface area contributed by atoms with E-state index in [9.17, 15) is 4.79 Å². The van der Waals surface area contributed by atoms with Gasteiger partial charge in [0, 0.05) is 6.54 Å². The molecule has 0 atom stereocenters. The molecular weight excluding hydrogens is 362 g/mol. The number of aromatic nitrogens is 5. The molecule has 0 aliphatic heterocycles. The van der Waals surface area contributed by atoms with E-state index in [-0.39, 0.29) is 18.0 Å². The highest BCUT2D eigenvalue weighted by Gasteiger charge is 2.15. The topological polar surface area (TPSA) is 91.9 Å². The molecule has 0 aromatic carbocycles. The third kappa shape index (κ3) is 2.75. The Bertz CT molecular complexity index is 1170. The van der Waals surface area contributed by atoms with Gasteiger partial charge in [0.1, 0.15) is 17.6 Å². The van der Waals surface area contributed by atoms with Gasteiger partial charge in [-0.15, -0.1) is 6.58 Å². The molecule has 10 heteroatoms. The van der Waals surface area contributed by atoms with Crippen LogP contribution in [-0.4, -0.2) is 24.3 Å². The van der Waals surface area contributed by atoms with Crippen LogP contribution in [-0.2, 0) is 13.1 Å². The van der Waals surface area contributed by atoms with Crippen LogP contribution in [0.4, 0.5) is 0 Å². The van der Waals surface area contributed by atoms with E-state index in [0.717, 1.165) is 0 Å². The highest BCUT2D eigenvalue weighted by molar-refractivity contribution is 7.73. The lowest BCUT2D eigenvalue weighted by Gasteiger charge is -2.02. The zero-order chi connectivity index (χ0) is 17.4. The molecule has 0 aliphatic rings. The van der Waals surface area contributed by atoms with Crippen LogP contribution in [0, 0.1) is 3.95 Å². The van der Waals surface area contributed by atoms with Crippen molar-refractivity contribution in [3.05, 3.63) is 57.6 Å². The van der Waals surface area contributed by atoms with Crippen molar-refractivity contribution in [2.24, 2.45) is 0 Å². The first kappa shape index (κ1) is 15.7. The van der Waals surface area contributed by atoms with E-state index < -0.39 is 0 Å². The summed E-state index contributed by atoms with van der Waals surface area (Å²) in [5.74, 6) is 1.11. The molecule has 0 aliphatic carbocycles. The number of thiazole rings is 1. The fourth-order valence-corrected chi connectivity index (χ4v) is 3.66. The summed E-state index contributed by atoms with van der Waals surface area (Å²) >= 11 is 6.52. The Morgan fingerprint density at radius 2 is 2.32 bits per heavy atom. The molecule has 4 aromatic rings. The number of furan rings is 1. The molecule has 4 heterocycles. The molecule has 4 aromatic heterocycles. The van der Waals surface area contributed by atoms with Crippen molar-refractivity contribution >= 4 is 33.9 Å². The number of allylic oxidation sites excluding steroid dienone is 1. The molecule has 0 bridgehead atoms. The Morgan fingerprint density at radius 1 is 1.44 bits per heavy atom. The van der Waals surface area contributed by atoms with Crippen LogP contribution in [0.5, 0.6) is 0 Å². The van der Waals surface area contributed by atoms with Gasteiger partial charge in [-0.3, -0.25) is 9.36 Å². The zero-order valence-corrected chi connectivity index (χ0v) is 14.4. The first-order chi connectivity index (χ1) is 12.2. The minimum Gasteiger partial charge on any atom is -0.461 e. The van der Waals surface area contributed by atoms with Gasteiger partial charge in [-0.2, -0.15) is 4.98 Å². The van der Waals surface area contributed by atoms with Crippen LogP contribution >= 0.6 is 23.6 Å². The van der Waals surface area contributed by atoms with Crippen molar-refractivity contribution in [2.75, 3.05) is 0 Å². The van der Waals surface area contributed by atoms with Crippen molar-refractivity contribution in [2.45, 2.75) is 13.1 Å². The van der Waals surface area contributed by atoms with Gasteiger partial charge in [0.15, 0.2) is 15.4 Å². The fraction of sp³-hybridized carbons (Fsp3) is 0.133. The summed E-state index contributed by atoms with van der Waals surface area (Å²) < 4.78 is 14.6. The highest BCUT2D eigenvalue weighted by Crippen LogP contribution is 2.19. The number of rotatable bonds is 5. The van der Waals surface area contributed by atoms with E-state index in [0.29, 0.717) is 32.4 Å². The third-order valence-corrected chi connectivity index (χ3v) is 4.90. The molecule has 0 unspecified atom stereocenters. The van der Waals surface area contributed by atoms with Crippen molar-refractivity contribution in [3.63, 3.8) is 0 Å². The Kier molecular flexibility index (Phi) is 3.90. The van der Waals surface area contributed by atoms with E-state index in [4.69, 9.17) is 21.2 Å². The second-order valence-corrected chi connectivity index (χ2v) is 6.73. The van der Waals surface area contributed by atoms with Crippen molar-refractivity contribution in [1.29, 1.82) is 0 Å². The molecule has 0 radical (unpaired) electrons. The van der Waals surface area contributed by atoms with E-state index in [2.05, 4.69) is 21.7 Å². The lowest BCUT2D eigenvalue weighted by atomic mass is 10.4. The summed E-state index contributed by atoms with van der Waals surface area (Å²) in [5, 5.41) is 3.84. The molecule has 0 fully saturated rings. The maximum absolute atomic E-state index is 12.7. The van der Waals surface area contributed by atoms with Crippen LogP contribution < -0.4 is 5.56 Å². The summed E-state index contributed by atoms with van der Waals surface area (Å²) in [4.78, 5) is 21.3. The Morgan fingerprint density at radius 3 is 3.08 bits per heavy atom. The Balaban J connectivity index is 1.71. The number of hydrogen-bond acceptors (Lipinski definition) is 8. The van der Waals surface area contributed by atoms with Crippen molar-refractivity contribution < 1.29 is 8.94 Å². The number of hydrogen-bond donors (Lipinski definition) is 0. The fourth-order valence-electron chi connectivity index (χ4n) is 2.35. The van der Waals surface area contributed by atoms with Gasteiger partial charge in [-0.05, 0) is 24.4 Å². The first-order valence-corrected chi connectivity index (χ1v) is 8.46. The average molecular weight is 373 g/mol. The molecule has 8 nitrogen and oxygen atoms in total. The van der Waals surface area contributed by atoms with E-state index in [1.165, 1.54) is 28.5 Å². The smallest absolute Gasteiger partial charge is 0.273 e. The lowest BCUT2D eigenvalue weighted by Crippen LogP contribution is -2.21. The highest BCUT2D eigenvalue weighted by atomic mass is 32.1. The molecule has 25 heavy (non-hydrogen) atoms. The predicted molar refractivity (Wildman–Crippen MR) is 94.0 cm³/mol. The van der Waals surface area contributed by atoms with Gasteiger partial charge in [0.25, 0.3) is 5.56 Å². The Hall–Kier alpha value is -2.85. The van der Waals surface area contributed by atoms with Gasteiger partial charge < -0.3 is 13.5 Å². The third-order valence-electron chi connectivity index (χ3n) is 3.47. The summed E-state index contributed by atoms with van der Waals surface area (Å²) in [6.07, 6.45) is 4.68. The van der Waals surface area contributed by atoms with Crippen molar-refractivity contribution in [3.8, 4) is 11.6 Å². The van der Waals surface area contributed by atoms with Crippen LogP contribution in [0.1, 0.15) is 5.89 Å². The molecule has 4 rings (SSSR count). The molecular formula is C15H11N5O3S2. The average Bonchev–Trinajstić information content (AvgIpc) is 3.32. The lowest BCUT2D eigenvalue weighted by molar-refractivity contribution is 0.368. The summed E-state index contributed by atoms with van der Waals surface area (Å²) in [5.41, 5.74) is 0.347. The molecule has 126 valence electrons. The maximum Gasteiger partial charge on any atom is 0.273 e. The standard InChI is InChI=1S/C15H11N5O3S2/c1-2-5-20-13-11(25-15(20)24)14(21)19(8-16-13)7-10-17-12(18-23-10)9-4-3-6-22-9/h2-4,6,8H,1,5,7H2. The number of fused-ring (bicyclic) bond motifs is 1. The summed E-state index contributed by atoms with van der Waals surface area (Å²) in [6.45, 7) is 4.31. The van der Waals surface area contributed by atoms with Crippen LogP contribution in [0.15, 0.2) is 51.1 Å². The van der Waals surface area contributed by atoms with E-state index >= 15 is 0 Å². The summed E-state index contributed by atoms with van der Waals surface area (Å²) in [7, 11) is 0. The zero-order valence-electron chi connectivity index (χ0n) is 12.8. The monoisotopic (exact) mass is 373 g/mol. The van der Waals surface area contributed by atoms with Gasteiger partial charge in [-0.25, -0.2) is 4.98 Å². The van der Waals surface area contributed by atoms with Gasteiger partial charge >= 0.3 is 0 Å². The van der Waals surface area contributed by atoms with Crippen LogP contribution in [0.2, 0.25) is 0 Å². The van der Waals surface area contributed by atoms with Gasteiger partial charge in [0.05, 0.1) is 6.26 Å². The molecule has 0 saturated heterocycles. The second kappa shape index (κ2) is 6.22. The largest absolute Gasteiger partial charge is 0.461 e. The quantitative estimate of drug-likeness (QED) is 0.392. The van der Waals surface area contributed by atoms with Crippen molar-refractivity contribution in [1.82, 2.24) is 24.3 Å². The molecule has 0 N–H and O–H groups in total. The second-order valence-electron chi connectivity index (χ2n) is 5.09. The van der Waals surface area contributed by atoms with Gasteiger partial charge in [-0.1, -0.05) is 22.6 Å². The van der Waals surface area contributed by atoms with E-state index in [1.807, 2.05) is 0 Å². The van der Waals surface area contributed by atoms with E-state index in [1.54, 1.807) is 22.8 Å². The number of nitrogens with zero attached hydrogens (tertiary/aromatic N) is 5. The molecule has 0 amide bonds. The maximum atomic E-state index is 12.7.